The van der Waals surface area contributed by atoms with E-state index in [1.807, 2.05) is 54.6 Å². The number of hydrogen-bond acceptors (Lipinski definition) is 4. The first-order valence-electron chi connectivity index (χ1n) is 9.40. The number of hydrogen-bond donors (Lipinski definition) is 2. The van der Waals surface area contributed by atoms with Crippen molar-refractivity contribution in [3.63, 3.8) is 0 Å². The molecule has 2 N–H and O–H groups in total. The van der Waals surface area contributed by atoms with Crippen LogP contribution in [0.2, 0.25) is 0 Å². The lowest BCUT2D eigenvalue weighted by molar-refractivity contribution is -0.118. The lowest BCUT2D eigenvalue weighted by atomic mass is 10.1. The minimum absolute atomic E-state index is 0.169. The molecule has 6 heteroatoms. The van der Waals surface area contributed by atoms with E-state index < -0.39 is 0 Å². The number of carbonyl (C=O) groups is 2. The first-order chi connectivity index (χ1) is 14.7. The number of nitrogens with one attached hydrogen (secondary N) is 2. The molecule has 0 aliphatic rings. The fourth-order valence-corrected chi connectivity index (χ4v) is 2.96. The van der Waals surface area contributed by atoms with Crippen molar-refractivity contribution in [2.75, 3.05) is 17.2 Å². The Kier molecular flexibility index (Phi) is 5.66. The average molecular weight is 397 g/mol. The summed E-state index contributed by atoms with van der Waals surface area (Å²) in [6.45, 7) is -0.169. The van der Waals surface area contributed by atoms with Gasteiger partial charge >= 0.3 is 0 Å². The molecule has 0 bridgehead atoms. The number of aromatic nitrogens is 1. The van der Waals surface area contributed by atoms with Crippen LogP contribution in [0.4, 0.5) is 11.4 Å². The quantitative estimate of drug-likeness (QED) is 0.502. The fraction of sp³-hybridized carbons (Fsp3) is 0.0417. The highest BCUT2D eigenvalue weighted by Gasteiger charge is 2.09. The molecule has 4 rings (SSSR count). The zero-order valence-electron chi connectivity index (χ0n) is 16.0. The second-order valence-electron chi connectivity index (χ2n) is 6.62. The molecule has 0 spiro atoms. The van der Waals surface area contributed by atoms with Crippen molar-refractivity contribution in [2.45, 2.75) is 0 Å². The number of para-hydroxylation sites is 1. The Balaban J connectivity index is 1.35. The zero-order valence-corrected chi connectivity index (χ0v) is 16.0. The SMILES string of the molecule is O=C(COc1cccc(C(=O)Nc2ccccc2)c1)Nc1ccc2cnccc2c1. The van der Waals surface area contributed by atoms with Crippen LogP contribution in [0, 0.1) is 0 Å². The maximum Gasteiger partial charge on any atom is 0.262 e. The predicted molar refractivity (Wildman–Crippen MR) is 117 cm³/mol. The van der Waals surface area contributed by atoms with Gasteiger partial charge in [-0.3, -0.25) is 14.6 Å². The van der Waals surface area contributed by atoms with E-state index in [1.165, 1.54) is 0 Å². The first-order valence-corrected chi connectivity index (χ1v) is 9.40. The third kappa shape index (κ3) is 4.80. The molecule has 0 saturated heterocycles. The van der Waals surface area contributed by atoms with Gasteiger partial charge in [-0.2, -0.15) is 0 Å². The first kappa shape index (κ1) is 19.1. The smallest absolute Gasteiger partial charge is 0.262 e. The normalized spacial score (nSPS) is 10.4. The fourth-order valence-electron chi connectivity index (χ4n) is 2.96. The van der Waals surface area contributed by atoms with E-state index in [4.69, 9.17) is 4.74 Å². The van der Waals surface area contributed by atoms with Gasteiger partial charge in [0.05, 0.1) is 0 Å². The Morgan fingerprint density at radius 2 is 1.67 bits per heavy atom. The molecule has 0 aliphatic carbocycles. The Morgan fingerprint density at radius 1 is 0.800 bits per heavy atom. The number of nitrogens with zero attached hydrogens (tertiary/aromatic N) is 1. The Bertz CT molecular complexity index is 1190. The molecule has 1 aromatic heterocycles. The lowest BCUT2D eigenvalue weighted by Crippen LogP contribution is -2.20. The zero-order chi connectivity index (χ0) is 20.8. The largest absolute Gasteiger partial charge is 0.484 e. The molecule has 0 atom stereocenters. The summed E-state index contributed by atoms with van der Waals surface area (Å²) in [5, 5.41) is 7.61. The molecular formula is C24H19N3O3. The van der Waals surface area contributed by atoms with Gasteiger partial charge in [0.15, 0.2) is 6.61 Å². The van der Waals surface area contributed by atoms with E-state index in [9.17, 15) is 9.59 Å². The van der Waals surface area contributed by atoms with Crippen LogP contribution >= 0.6 is 0 Å². The van der Waals surface area contributed by atoms with Gasteiger partial charge in [0, 0.05) is 34.7 Å². The molecule has 0 fully saturated rings. The van der Waals surface area contributed by atoms with Crippen LogP contribution in [0.3, 0.4) is 0 Å². The maximum atomic E-state index is 12.4. The van der Waals surface area contributed by atoms with Gasteiger partial charge in [0.25, 0.3) is 11.8 Å². The molecular weight excluding hydrogens is 378 g/mol. The Morgan fingerprint density at radius 3 is 2.53 bits per heavy atom. The number of carbonyl (C=O) groups excluding carboxylic acids is 2. The molecule has 6 nitrogen and oxygen atoms in total. The van der Waals surface area contributed by atoms with Crippen LogP contribution in [0.25, 0.3) is 10.8 Å². The molecule has 0 radical (unpaired) electrons. The van der Waals surface area contributed by atoms with Crippen molar-refractivity contribution < 1.29 is 14.3 Å². The van der Waals surface area contributed by atoms with Gasteiger partial charge in [0.1, 0.15) is 5.75 Å². The van der Waals surface area contributed by atoms with Crippen LogP contribution < -0.4 is 15.4 Å². The Hall–Kier alpha value is -4.19. The lowest BCUT2D eigenvalue weighted by Gasteiger charge is -2.10. The van der Waals surface area contributed by atoms with Crippen molar-refractivity contribution in [1.82, 2.24) is 4.98 Å². The van der Waals surface area contributed by atoms with E-state index >= 15 is 0 Å². The van der Waals surface area contributed by atoms with E-state index in [0.717, 1.165) is 10.8 Å². The molecule has 0 saturated carbocycles. The molecule has 30 heavy (non-hydrogen) atoms. The molecule has 4 aromatic rings. The third-order valence-corrected chi connectivity index (χ3v) is 4.42. The molecule has 2 amide bonds. The number of amides is 2. The van der Waals surface area contributed by atoms with E-state index in [-0.39, 0.29) is 18.4 Å². The highest BCUT2D eigenvalue weighted by Crippen LogP contribution is 2.18. The number of pyridine rings is 1. The van der Waals surface area contributed by atoms with Crippen molar-refractivity contribution >= 4 is 34.0 Å². The third-order valence-electron chi connectivity index (χ3n) is 4.42. The summed E-state index contributed by atoms with van der Waals surface area (Å²) in [4.78, 5) is 28.7. The van der Waals surface area contributed by atoms with Gasteiger partial charge in [-0.1, -0.05) is 30.3 Å². The number of anilines is 2. The molecule has 0 aliphatic heterocycles. The topological polar surface area (TPSA) is 80.3 Å². The van der Waals surface area contributed by atoms with Crippen LogP contribution in [0.1, 0.15) is 10.4 Å². The van der Waals surface area contributed by atoms with Crippen LogP contribution in [-0.4, -0.2) is 23.4 Å². The van der Waals surface area contributed by atoms with Crippen molar-refractivity contribution in [3.05, 3.63) is 96.8 Å². The average Bonchev–Trinajstić information content (AvgIpc) is 2.78. The summed E-state index contributed by atoms with van der Waals surface area (Å²) in [7, 11) is 0. The van der Waals surface area contributed by atoms with Gasteiger partial charge < -0.3 is 15.4 Å². The predicted octanol–water partition coefficient (Wildman–Crippen LogP) is 4.50. The monoisotopic (exact) mass is 397 g/mol. The number of fused-ring (bicyclic) bond motifs is 1. The molecule has 3 aromatic carbocycles. The minimum atomic E-state index is -0.289. The van der Waals surface area contributed by atoms with Crippen LogP contribution in [-0.2, 0) is 4.79 Å². The van der Waals surface area contributed by atoms with Crippen molar-refractivity contribution in [1.29, 1.82) is 0 Å². The number of benzene rings is 3. The van der Waals surface area contributed by atoms with Gasteiger partial charge in [-0.15, -0.1) is 0 Å². The molecule has 1 heterocycles. The summed E-state index contributed by atoms with van der Waals surface area (Å²) in [6, 6.07) is 23.4. The summed E-state index contributed by atoms with van der Waals surface area (Å²) in [5.74, 6) is -0.0975. The van der Waals surface area contributed by atoms with Gasteiger partial charge in [0.2, 0.25) is 0 Å². The highest BCUT2D eigenvalue weighted by molar-refractivity contribution is 6.04. The number of ether oxygens (including phenoxy) is 1. The van der Waals surface area contributed by atoms with E-state index in [0.29, 0.717) is 22.7 Å². The highest BCUT2D eigenvalue weighted by atomic mass is 16.5. The van der Waals surface area contributed by atoms with Gasteiger partial charge in [-0.05, 0) is 53.9 Å². The number of rotatable bonds is 6. The standard InChI is InChI=1S/C24H19N3O3/c28-23(26-21-10-9-19-15-25-12-11-17(19)13-21)16-30-22-8-4-5-18(14-22)24(29)27-20-6-2-1-3-7-20/h1-15H,16H2,(H,26,28)(H,27,29). The second kappa shape index (κ2) is 8.87. The van der Waals surface area contributed by atoms with Crippen molar-refractivity contribution in [2.24, 2.45) is 0 Å². The summed E-state index contributed by atoms with van der Waals surface area (Å²) in [5.41, 5.74) is 1.83. The second-order valence-corrected chi connectivity index (χ2v) is 6.62. The van der Waals surface area contributed by atoms with Gasteiger partial charge in [-0.25, -0.2) is 0 Å². The minimum Gasteiger partial charge on any atom is -0.484 e. The van der Waals surface area contributed by atoms with Crippen molar-refractivity contribution in [3.8, 4) is 5.75 Å². The molecule has 0 unspecified atom stereocenters. The molecule has 148 valence electrons. The van der Waals surface area contributed by atoms with E-state index in [2.05, 4.69) is 15.6 Å². The van der Waals surface area contributed by atoms with Crippen LogP contribution in [0.15, 0.2) is 91.3 Å². The summed E-state index contributed by atoms with van der Waals surface area (Å²) >= 11 is 0. The van der Waals surface area contributed by atoms with E-state index in [1.54, 1.807) is 36.7 Å². The summed E-state index contributed by atoms with van der Waals surface area (Å²) < 4.78 is 5.57. The Labute approximate surface area is 173 Å². The van der Waals surface area contributed by atoms with Crippen LogP contribution in [0.5, 0.6) is 5.75 Å². The maximum absolute atomic E-state index is 12.4. The summed E-state index contributed by atoms with van der Waals surface area (Å²) in [6.07, 6.45) is 3.48.